The van der Waals surface area contributed by atoms with Crippen molar-refractivity contribution in [3.63, 3.8) is 0 Å². The molecule has 1 aromatic heterocycles. The van der Waals surface area contributed by atoms with Crippen molar-refractivity contribution in [3.8, 4) is 0 Å². The third-order valence-electron chi connectivity index (χ3n) is 2.54. The molecule has 2 aromatic rings. The van der Waals surface area contributed by atoms with Crippen LogP contribution in [0.4, 0.5) is 0 Å². The third-order valence-corrected chi connectivity index (χ3v) is 2.54. The van der Waals surface area contributed by atoms with Gasteiger partial charge in [0.1, 0.15) is 12.1 Å². The second-order valence-corrected chi connectivity index (χ2v) is 3.57. The SMILES string of the molecule is CCOC(C)n1c(C)nc2ccccc21. The Morgan fingerprint density at radius 1 is 1.40 bits per heavy atom. The largest absolute Gasteiger partial charge is 0.359 e. The number of hydrogen-bond acceptors (Lipinski definition) is 2. The van der Waals surface area contributed by atoms with E-state index in [0.29, 0.717) is 6.61 Å². The number of benzene rings is 1. The fraction of sp³-hybridized carbons (Fsp3) is 0.417. The molecule has 0 bridgehead atoms. The Labute approximate surface area is 89.7 Å². The summed E-state index contributed by atoms with van der Waals surface area (Å²) in [5.74, 6) is 0.997. The van der Waals surface area contributed by atoms with Gasteiger partial charge in [-0.3, -0.25) is 0 Å². The lowest BCUT2D eigenvalue weighted by molar-refractivity contribution is 0.0263. The molecule has 0 N–H and O–H groups in total. The summed E-state index contributed by atoms with van der Waals surface area (Å²) in [5.41, 5.74) is 2.16. The number of aryl methyl sites for hydroxylation is 1. The normalized spacial score (nSPS) is 13.3. The van der Waals surface area contributed by atoms with Crippen LogP contribution in [0.5, 0.6) is 0 Å². The molecule has 1 atom stereocenters. The molecule has 15 heavy (non-hydrogen) atoms. The van der Waals surface area contributed by atoms with Gasteiger partial charge in [0.05, 0.1) is 11.0 Å². The van der Waals surface area contributed by atoms with Gasteiger partial charge in [0.2, 0.25) is 0 Å². The van der Waals surface area contributed by atoms with E-state index in [0.717, 1.165) is 16.9 Å². The Morgan fingerprint density at radius 2 is 2.13 bits per heavy atom. The molecule has 0 amide bonds. The lowest BCUT2D eigenvalue weighted by Crippen LogP contribution is -2.10. The first-order valence-corrected chi connectivity index (χ1v) is 5.29. The van der Waals surface area contributed by atoms with E-state index < -0.39 is 0 Å². The zero-order valence-electron chi connectivity index (χ0n) is 9.40. The molecule has 0 aliphatic carbocycles. The Morgan fingerprint density at radius 3 is 2.87 bits per heavy atom. The molecule has 3 heteroatoms. The maximum atomic E-state index is 5.60. The molecule has 0 aliphatic rings. The van der Waals surface area contributed by atoms with Crippen molar-refractivity contribution in [1.29, 1.82) is 0 Å². The summed E-state index contributed by atoms with van der Waals surface area (Å²) < 4.78 is 7.72. The van der Waals surface area contributed by atoms with Crippen molar-refractivity contribution in [2.75, 3.05) is 6.61 Å². The number of imidazole rings is 1. The first kappa shape index (κ1) is 10.2. The highest BCUT2D eigenvalue weighted by molar-refractivity contribution is 5.75. The molecular weight excluding hydrogens is 188 g/mol. The highest BCUT2D eigenvalue weighted by Gasteiger charge is 2.11. The molecule has 1 heterocycles. The Hall–Kier alpha value is -1.35. The summed E-state index contributed by atoms with van der Waals surface area (Å²) >= 11 is 0. The van der Waals surface area contributed by atoms with E-state index in [1.165, 1.54) is 0 Å². The molecular formula is C12H16N2O. The number of para-hydroxylation sites is 2. The minimum Gasteiger partial charge on any atom is -0.359 e. The van der Waals surface area contributed by atoms with Gasteiger partial charge in [-0.1, -0.05) is 12.1 Å². The molecule has 1 aromatic carbocycles. The van der Waals surface area contributed by atoms with Crippen LogP contribution in [0.2, 0.25) is 0 Å². The minimum atomic E-state index is 0.0439. The predicted octanol–water partition coefficient (Wildman–Crippen LogP) is 2.90. The number of rotatable bonds is 3. The number of ether oxygens (including phenoxy) is 1. The molecule has 0 saturated heterocycles. The summed E-state index contributed by atoms with van der Waals surface area (Å²) in [7, 11) is 0. The van der Waals surface area contributed by atoms with Gasteiger partial charge in [-0.05, 0) is 32.9 Å². The molecule has 0 radical (unpaired) electrons. The molecule has 2 rings (SSSR count). The highest BCUT2D eigenvalue weighted by atomic mass is 16.5. The van der Waals surface area contributed by atoms with Crippen LogP contribution in [0, 0.1) is 6.92 Å². The standard InChI is InChI=1S/C12H16N2O/c1-4-15-10(3)14-9(2)13-11-7-5-6-8-12(11)14/h5-8,10H,4H2,1-3H3. The van der Waals surface area contributed by atoms with E-state index in [4.69, 9.17) is 4.74 Å². The second-order valence-electron chi connectivity index (χ2n) is 3.57. The Bertz CT molecular complexity index is 462. The topological polar surface area (TPSA) is 27.1 Å². The molecule has 1 unspecified atom stereocenters. The number of fused-ring (bicyclic) bond motifs is 1. The van der Waals surface area contributed by atoms with Gasteiger partial charge in [0.25, 0.3) is 0 Å². The van der Waals surface area contributed by atoms with Crippen molar-refractivity contribution in [2.24, 2.45) is 0 Å². The molecule has 0 aliphatic heterocycles. The Balaban J connectivity index is 2.53. The fourth-order valence-electron chi connectivity index (χ4n) is 1.94. The van der Waals surface area contributed by atoms with Crippen molar-refractivity contribution >= 4 is 11.0 Å². The van der Waals surface area contributed by atoms with Crippen LogP contribution in [0.15, 0.2) is 24.3 Å². The van der Waals surface area contributed by atoms with Gasteiger partial charge in [0.15, 0.2) is 0 Å². The molecule has 3 nitrogen and oxygen atoms in total. The zero-order valence-corrected chi connectivity index (χ0v) is 9.40. The van der Waals surface area contributed by atoms with Crippen LogP contribution >= 0.6 is 0 Å². The number of hydrogen-bond donors (Lipinski definition) is 0. The van der Waals surface area contributed by atoms with Gasteiger partial charge in [-0.15, -0.1) is 0 Å². The van der Waals surface area contributed by atoms with Crippen LogP contribution in [0.25, 0.3) is 11.0 Å². The van der Waals surface area contributed by atoms with Crippen LogP contribution < -0.4 is 0 Å². The summed E-state index contributed by atoms with van der Waals surface area (Å²) in [6, 6.07) is 8.13. The molecule has 0 spiro atoms. The number of aromatic nitrogens is 2. The lowest BCUT2D eigenvalue weighted by atomic mass is 10.3. The van der Waals surface area contributed by atoms with Crippen molar-refractivity contribution in [1.82, 2.24) is 9.55 Å². The van der Waals surface area contributed by atoms with E-state index in [2.05, 4.69) is 15.6 Å². The number of nitrogens with zero attached hydrogens (tertiary/aromatic N) is 2. The smallest absolute Gasteiger partial charge is 0.132 e. The molecule has 0 fully saturated rings. The summed E-state index contributed by atoms with van der Waals surface area (Å²) in [6.07, 6.45) is 0.0439. The van der Waals surface area contributed by atoms with Gasteiger partial charge in [-0.2, -0.15) is 0 Å². The quantitative estimate of drug-likeness (QED) is 0.768. The maximum absolute atomic E-state index is 5.60. The monoisotopic (exact) mass is 204 g/mol. The Kier molecular flexibility index (Phi) is 2.73. The van der Waals surface area contributed by atoms with Gasteiger partial charge in [0, 0.05) is 6.61 Å². The summed E-state index contributed by atoms with van der Waals surface area (Å²) in [4.78, 5) is 4.50. The van der Waals surface area contributed by atoms with E-state index in [-0.39, 0.29) is 6.23 Å². The summed E-state index contributed by atoms with van der Waals surface area (Å²) in [5, 5.41) is 0. The molecule has 80 valence electrons. The lowest BCUT2D eigenvalue weighted by Gasteiger charge is -2.15. The average Bonchev–Trinajstić information content (AvgIpc) is 2.54. The van der Waals surface area contributed by atoms with Gasteiger partial charge >= 0.3 is 0 Å². The first-order chi connectivity index (χ1) is 7.24. The third kappa shape index (κ3) is 1.75. The zero-order chi connectivity index (χ0) is 10.8. The van der Waals surface area contributed by atoms with E-state index >= 15 is 0 Å². The van der Waals surface area contributed by atoms with Crippen LogP contribution in [-0.4, -0.2) is 16.2 Å². The fourth-order valence-corrected chi connectivity index (χ4v) is 1.94. The van der Waals surface area contributed by atoms with Gasteiger partial charge in [-0.25, -0.2) is 4.98 Å². The highest BCUT2D eigenvalue weighted by Crippen LogP contribution is 2.20. The van der Waals surface area contributed by atoms with Crippen molar-refractivity contribution in [2.45, 2.75) is 27.0 Å². The van der Waals surface area contributed by atoms with Crippen LogP contribution in [-0.2, 0) is 4.74 Å². The van der Waals surface area contributed by atoms with E-state index in [9.17, 15) is 0 Å². The van der Waals surface area contributed by atoms with Crippen molar-refractivity contribution < 1.29 is 4.74 Å². The average molecular weight is 204 g/mol. The minimum absolute atomic E-state index is 0.0439. The van der Waals surface area contributed by atoms with Crippen LogP contribution in [0.1, 0.15) is 25.9 Å². The first-order valence-electron chi connectivity index (χ1n) is 5.29. The second kappa shape index (κ2) is 4.03. The summed E-state index contributed by atoms with van der Waals surface area (Å²) in [6.45, 7) is 6.78. The molecule has 0 saturated carbocycles. The van der Waals surface area contributed by atoms with E-state index in [1.807, 2.05) is 39.0 Å². The van der Waals surface area contributed by atoms with E-state index in [1.54, 1.807) is 0 Å². The van der Waals surface area contributed by atoms with Crippen molar-refractivity contribution in [3.05, 3.63) is 30.1 Å². The maximum Gasteiger partial charge on any atom is 0.132 e. The van der Waals surface area contributed by atoms with Crippen LogP contribution in [0.3, 0.4) is 0 Å². The predicted molar refractivity (Wildman–Crippen MR) is 60.8 cm³/mol. The van der Waals surface area contributed by atoms with Gasteiger partial charge < -0.3 is 9.30 Å².